The van der Waals surface area contributed by atoms with E-state index in [9.17, 15) is 0 Å². The van der Waals surface area contributed by atoms with Gasteiger partial charge in [0.2, 0.25) is 5.88 Å². The van der Waals surface area contributed by atoms with Gasteiger partial charge in [-0.3, -0.25) is 0 Å². The minimum atomic E-state index is 0.529. The second kappa shape index (κ2) is 8.77. The molecule has 4 heteroatoms. The van der Waals surface area contributed by atoms with Gasteiger partial charge in [0, 0.05) is 23.9 Å². The first kappa shape index (κ1) is 15.1. The molecule has 1 heterocycles. The van der Waals surface area contributed by atoms with Crippen LogP contribution in [0.15, 0.2) is 36.4 Å². The number of alkyl halides is 1. The minimum Gasteiger partial charge on any atom is -0.475 e. The van der Waals surface area contributed by atoms with Gasteiger partial charge in [-0.1, -0.05) is 18.2 Å². The summed E-state index contributed by atoms with van der Waals surface area (Å²) in [6, 6.07) is 11.9. The smallest absolute Gasteiger partial charge is 0.213 e. The number of hydrogen-bond donors (Lipinski definition) is 0. The van der Waals surface area contributed by atoms with Crippen LogP contribution in [0.1, 0.15) is 19.3 Å². The number of hydrogen-bond acceptors (Lipinski definition) is 3. The van der Waals surface area contributed by atoms with E-state index in [1.54, 1.807) is 0 Å². The highest BCUT2D eigenvalue weighted by Gasteiger charge is 1.98. The summed E-state index contributed by atoms with van der Waals surface area (Å²) in [4.78, 5) is 4.44. The van der Waals surface area contributed by atoms with Crippen molar-refractivity contribution in [2.45, 2.75) is 19.3 Å². The Morgan fingerprint density at radius 3 is 2.70 bits per heavy atom. The molecule has 0 fully saturated rings. The molecular weight excluding hydrogens is 274 g/mol. The normalized spacial score (nSPS) is 10.8. The Hall–Kier alpha value is -1.32. The maximum atomic E-state index is 5.61. The fourth-order valence-corrected chi connectivity index (χ4v) is 2.10. The lowest BCUT2D eigenvalue weighted by atomic mass is 10.2. The molecule has 2 rings (SSSR count). The Labute approximate surface area is 124 Å². The third kappa shape index (κ3) is 4.99. The van der Waals surface area contributed by atoms with Gasteiger partial charge in [-0.2, -0.15) is 0 Å². The van der Waals surface area contributed by atoms with Gasteiger partial charge in [0.05, 0.1) is 12.1 Å². The second-order valence-corrected chi connectivity index (χ2v) is 4.93. The molecule has 0 aliphatic heterocycles. The summed E-state index contributed by atoms with van der Waals surface area (Å²) in [5.41, 5.74) is 0.951. The number of fused-ring (bicyclic) bond motifs is 1. The Balaban J connectivity index is 1.65. The molecule has 0 amide bonds. The highest BCUT2D eigenvalue weighted by Crippen LogP contribution is 2.15. The molecule has 0 saturated heterocycles. The zero-order chi connectivity index (χ0) is 14.0. The van der Waals surface area contributed by atoms with Gasteiger partial charge in [-0.15, -0.1) is 11.6 Å². The van der Waals surface area contributed by atoms with Crippen LogP contribution in [0, 0.1) is 0 Å². The molecule has 0 spiro atoms. The molecule has 0 bridgehead atoms. The first-order valence-electron chi connectivity index (χ1n) is 7.02. The van der Waals surface area contributed by atoms with E-state index in [1.165, 1.54) is 0 Å². The third-order valence-electron chi connectivity index (χ3n) is 2.97. The Morgan fingerprint density at radius 2 is 1.80 bits per heavy atom. The van der Waals surface area contributed by atoms with E-state index < -0.39 is 0 Å². The minimum absolute atomic E-state index is 0.529. The van der Waals surface area contributed by atoms with Crippen LogP contribution in [0.25, 0.3) is 10.9 Å². The third-order valence-corrected chi connectivity index (χ3v) is 3.24. The zero-order valence-electron chi connectivity index (χ0n) is 11.6. The van der Waals surface area contributed by atoms with E-state index in [-0.39, 0.29) is 0 Å². The van der Waals surface area contributed by atoms with Gasteiger partial charge < -0.3 is 9.47 Å². The van der Waals surface area contributed by atoms with Crippen LogP contribution in [0.3, 0.4) is 0 Å². The van der Waals surface area contributed by atoms with Crippen LogP contribution in [0.4, 0.5) is 0 Å². The van der Waals surface area contributed by atoms with Crippen LogP contribution < -0.4 is 4.74 Å². The average molecular weight is 294 g/mol. The average Bonchev–Trinajstić information content (AvgIpc) is 2.50. The monoisotopic (exact) mass is 293 g/mol. The van der Waals surface area contributed by atoms with Crippen LogP contribution >= 0.6 is 11.6 Å². The van der Waals surface area contributed by atoms with Crippen molar-refractivity contribution in [3.8, 4) is 5.88 Å². The van der Waals surface area contributed by atoms with Crippen molar-refractivity contribution in [1.82, 2.24) is 4.98 Å². The van der Waals surface area contributed by atoms with Crippen molar-refractivity contribution in [3.63, 3.8) is 0 Å². The number of para-hydroxylation sites is 1. The molecule has 0 aliphatic rings. The number of ether oxygens (including phenoxy) is 2. The van der Waals surface area contributed by atoms with E-state index in [0.717, 1.165) is 42.7 Å². The summed E-state index contributed by atoms with van der Waals surface area (Å²) >= 11 is 5.61. The lowest BCUT2D eigenvalue weighted by Crippen LogP contribution is -2.08. The number of halogens is 1. The van der Waals surface area contributed by atoms with Gasteiger partial charge in [0.1, 0.15) is 6.61 Å². The molecule has 3 nitrogen and oxygen atoms in total. The molecule has 20 heavy (non-hydrogen) atoms. The molecule has 2 aromatic rings. The second-order valence-electron chi connectivity index (χ2n) is 4.55. The largest absolute Gasteiger partial charge is 0.475 e. The van der Waals surface area contributed by atoms with Crippen LogP contribution in [0.5, 0.6) is 5.88 Å². The van der Waals surface area contributed by atoms with Crippen LogP contribution in [0.2, 0.25) is 0 Å². The molecule has 1 aromatic heterocycles. The molecule has 108 valence electrons. The Morgan fingerprint density at radius 1 is 0.900 bits per heavy atom. The predicted octanol–water partition coefficient (Wildman–Crippen LogP) is 4.04. The Bertz CT molecular complexity index is 519. The molecule has 0 unspecified atom stereocenters. The molecule has 1 aromatic carbocycles. The van der Waals surface area contributed by atoms with Gasteiger partial charge in [-0.25, -0.2) is 4.98 Å². The summed E-state index contributed by atoms with van der Waals surface area (Å²) in [5, 5.41) is 1.12. The molecule has 0 N–H and O–H groups in total. The summed E-state index contributed by atoms with van der Waals surface area (Å²) in [5.74, 6) is 1.38. The van der Waals surface area contributed by atoms with Gasteiger partial charge >= 0.3 is 0 Å². The first-order valence-corrected chi connectivity index (χ1v) is 7.56. The van der Waals surface area contributed by atoms with Crippen molar-refractivity contribution in [1.29, 1.82) is 0 Å². The van der Waals surface area contributed by atoms with E-state index >= 15 is 0 Å². The fourth-order valence-electron chi connectivity index (χ4n) is 1.91. The van der Waals surface area contributed by atoms with Crippen LogP contribution in [-0.4, -0.2) is 30.7 Å². The van der Waals surface area contributed by atoms with Crippen molar-refractivity contribution in [2.24, 2.45) is 0 Å². The molecule has 0 radical (unpaired) electrons. The van der Waals surface area contributed by atoms with Crippen molar-refractivity contribution >= 4 is 22.5 Å². The lowest BCUT2D eigenvalue weighted by molar-refractivity contribution is 0.0960. The first-order chi connectivity index (χ1) is 9.90. The number of rotatable bonds is 9. The fraction of sp³-hybridized carbons (Fsp3) is 0.438. The van der Waals surface area contributed by atoms with E-state index in [0.29, 0.717) is 19.1 Å². The summed E-state index contributed by atoms with van der Waals surface area (Å²) < 4.78 is 11.1. The number of benzene rings is 1. The maximum Gasteiger partial charge on any atom is 0.213 e. The molecular formula is C16H20ClNO2. The van der Waals surface area contributed by atoms with Crippen molar-refractivity contribution < 1.29 is 9.47 Å². The summed E-state index contributed by atoms with van der Waals surface area (Å²) in [6.07, 6.45) is 3.24. The molecule has 0 saturated carbocycles. The number of nitrogens with zero attached hydrogens (tertiary/aromatic N) is 1. The van der Waals surface area contributed by atoms with E-state index in [2.05, 4.69) is 4.98 Å². The molecule has 0 aliphatic carbocycles. The quantitative estimate of drug-likeness (QED) is 0.516. The maximum absolute atomic E-state index is 5.61. The summed E-state index contributed by atoms with van der Waals surface area (Å²) in [6.45, 7) is 1.89. The van der Waals surface area contributed by atoms with E-state index in [4.69, 9.17) is 21.1 Å². The van der Waals surface area contributed by atoms with Crippen molar-refractivity contribution in [2.75, 3.05) is 25.7 Å². The Kier molecular flexibility index (Phi) is 6.61. The number of unbranched alkanes of at least 4 members (excludes halogenated alkanes) is 2. The van der Waals surface area contributed by atoms with Crippen LogP contribution in [-0.2, 0) is 4.74 Å². The van der Waals surface area contributed by atoms with E-state index in [1.807, 2.05) is 36.4 Å². The molecule has 0 atom stereocenters. The zero-order valence-corrected chi connectivity index (χ0v) is 12.3. The van der Waals surface area contributed by atoms with Gasteiger partial charge in [0.25, 0.3) is 0 Å². The number of aromatic nitrogens is 1. The highest BCUT2D eigenvalue weighted by molar-refractivity contribution is 6.17. The SMILES string of the molecule is ClCCCCCOCCOc1ccc2ccccc2n1. The number of pyridine rings is 1. The standard InChI is InChI=1S/C16H20ClNO2/c17-10-4-1-5-11-19-12-13-20-16-9-8-14-6-2-3-7-15(14)18-16/h2-3,6-9H,1,4-5,10-13H2. The van der Waals surface area contributed by atoms with Gasteiger partial charge in [-0.05, 0) is 31.4 Å². The topological polar surface area (TPSA) is 31.4 Å². The van der Waals surface area contributed by atoms with Gasteiger partial charge in [0.15, 0.2) is 0 Å². The van der Waals surface area contributed by atoms with Crippen molar-refractivity contribution in [3.05, 3.63) is 36.4 Å². The predicted molar refractivity (Wildman–Crippen MR) is 82.6 cm³/mol. The highest BCUT2D eigenvalue weighted by atomic mass is 35.5. The summed E-state index contributed by atoms with van der Waals surface area (Å²) in [7, 11) is 0. The lowest BCUT2D eigenvalue weighted by Gasteiger charge is -2.07.